The number of cyclic esters (lactones) is 1. The highest BCUT2D eigenvalue weighted by molar-refractivity contribution is 9.11. The number of phenolic OH excluding ortho intramolecular Hbond substituents is 2. The molecule has 3 aromatic carbocycles. The van der Waals surface area contributed by atoms with Crippen LogP contribution in [0, 0.1) is 0 Å². The summed E-state index contributed by atoms with van der Waals surface area (Å²) in [5.41, 5.74) is 3.83. The second-order valence-corrected chi connectivity index (χ2v) is 12.2. The van der Waals surface area contributed by atoms with Gasteiger partial charge in [-0.3, -0.25) is 0 Å². The van der Waals surface area contributed by atoms with Crippen molar-refractivity contribution >= 4 is 43.8 Å². The average molecular weight is 688 g/mol. The molecule has 3 N–H and O–H groups in total. The molecular weight excluding hydrogens is 652 g/mol. The second-order valence-electron chi connectivity index (χ2n) is 10.6. The van der Waals surface area contributed by atoms with E-state index in [-0.39, 0.29) is 22.6 Å². The summed E-state index contributed by atoms with van der Waals surface area (Å²) in [4.78, 5) is 25.6. The van der Waals surface area contributed by atoms with E-state index in [0.717, 1.165) is 59.1 Å². The van der Waals surface area contributed by atoms with Crippen molar-refractivity contribution in [2.45, 2.75) is 84.7 Å². The number of aryl methyl sites for hydroxylation is 2. The van der Waals surface area contributed by atoms with Crippen LogP contribution in [0.3, 0.4) is 0 Å². The van der Waals surface area contributed by atoms with Crippen LogP contribution in [0.4, 0.5) is 0 Å². The van der Waals surface area contributed by atoms with E-state index in [0.29, 0.717) is 40.2 Å². The number of carbonyl (C=O) groups is 2. The van der Waals surface area contributed by atoms with Gasteiger partial charge in [0, 0.05) is 16.7 Å². The fraction of sp³-hybridized carbons (Fsp3) is 0.394. The Morgan fingerprint density at radius 1 is 0.756 bits per heavy atom. The van der Waals surface area contributed by atoms with Crippen molar-refractivity contribution in [3.8, 4) is 11.5 Å². The van der Waals surface area contributed by atoms with Gasteiger partial charge in [-0.1, -0.05) is 59.4 Å². The van der Waals surface area contributed by atoms with Crippen LogP contribution in [0.1, 0.15) is 113 Å². The van der Waals surface area contributed by atoms with Gasteiger partial charge >= 0.3 is 11.9 Å². The number of phenols is 2. The Balaban J connectivity index is 2.26. The third kappa shape index (κ3) is 5.29. The van der Waals surface area contributed by atoms with E-state index < -0.39 is 17.5 Å². The van der Waals surface area contributed by atoms with E-state index in [2.05, 4.69) is 31.9 Å². The zero-order chi connectivity index (χ0) is 30.1. The lowest BCUT2D eigenvalue weighted by Gasteiger charge is -2.36. The van der Waals surface area contributed by atoms with Crippen LogP contribution in [0.2, 0.25) is 0 Å². The molecule has 1 aliphatic rings. The first kappa shape index (κ1) is 31.1. The molecule has 0 amide bonds. The molecule has 0 radical (unpaired) electrons. The minimum atomic E-state index is -1.43. The van der Waals surface area contributed by atoms with Crippen molar-refractivity contribution in [1.82, 2.24) is 0 Å². The Morgan fingerprint density at radius 3 is 1.63 bits per heavy atom. The zero-order valence-electron chi connectivity index (χ0n) is 23.9. The molecule has 0 bridgehead atoms. The molecule has 1 heterocycles. The predicted molar refractivity (Wildman–Crippen MR) is 166 cm³/mol. The Morgan fingerprint density at radius 2 is 1.22 bits per heavy atom. The number of fused-ring (bicyclic) bond motifs is 1. The number of halogens is 2. The molecule has 0 saturated heterocycles. The van der Waals surface area contributed by atoms with Gasteiger partial charge in [0.25, 0.3) is 0 Å². The average Bonchev–Trinajstić information content (AvgIpc) is 3.24. The molecule has 0 fully saturated rings. The number of hydrogen-bond donors (Lipinski definition) is 3. The van der Waals surface area contributed by atoms with Crippen LogP contribution in [-0.4, -0.2) is 27.3 Å². The first-order valence-electron chi connectivity index (χ1n) is 14.3. The van der Waals surface area contributed by atoms with Gasteiger partial charge in [0.2, 0.25) is 0 Å². The molecule has 0 atom stereocenters. The second kappa shape index (κ2) is 12.6. The number of aromatic hydroxyl groups is 2. The highest BCUT2D eigenvalue weighted by Gasteiger charge is 2.52. The minimum Gasteiger partial charge on any atom is -0.506 e. The van der Waals surface area contributed by atoms with Crippen molar-refractivity contribution < 1.29 is 29.6 Å². The van der Waals surface area contributed by atoms with Crippen LogP contribution in [0.5, 0.6) is 11.5 Å². The molecule has 6 nitrogen and oxygen atoms in total. The number of esters is 1. The number of carbonyl (C=O) groups excluding carboxylic acids is 1. The maximum atomic E-state index is 13.7. The Kier molecular flexibility index (Phi) is 9.54. The standard InChI is InChI=1S/C33H36Br2O6/c1-5-9-18-16-25(21(11-7-3)27(34)29(18)36)33(24-14-13-20(31(38)39)15-23(24)32(40)41-33)26-17-19(10-6-2)30(37)28(35)22(26)12-8-4/h13-17,36-37H,5-12H2,1-4H3,(H,38,39). The van der Waals surface area contributed by atoms with Crippen LogP contribution in [-0.2, 0) is 36.0 Å². The van der Waals surface area contributed by atoms with E-state index in [4.69, 9.17) is 4.74 Å². The Labute approximate surface area is 258 Å². The molecule has 0 aliphatic carbocycles. The quantitative estimate of drug-likeness (QED) is 0.175. The van der Waals surface area contributed by atoms with Crippen LogP contribution in [0.25, 0.3) is 0 Å². The largest absolute Gasteiger partial charge is 0.506 e. The summed E-state index contributed by atoms with van der Waals surface area (Å²) in [5, 5.41) is 32.1. The number of ether oxygens (including phenoxy) is 1. The summed E-state index contributed by atoms with van der Waals surface area (Å²) in [6.45, 7) is 8.17. The molecule has 0 aromatic heterocycles. The van der Waals surface area contributed by atoms with E-state index in [9.17, 15) is 24.9 Å². The first-order chi connectivity index (χ1) is 19.6. The van der Waals surface area contributed by atoms with Gasteiger partial charge < -0.3 is 20.1 Å². The molecular formula is C33H36Br2O6. The van der Waals surface area contributed by atoms with E-state index >= 15 is 0 Å². The normalized spacial score (nSPS) is 13.8. The van der Waals surface area contributed by atoms with Crippen LogP contribution in [0.15, 0.2) is 39.3 Å². The molecule has 41 heavy (non-hydrogen) atoms. The highest BCUT2D eigenvalue weighted by atomic mass is 79.9. The number of aromatic carboxylic acids is 1. The number of carboxylic acids is 1. The van der Waals surface area contributed by atoms with E-state index in [1.807, 2.05) is 39.8 Å². The van der Waals surface area contributed by atoms with Crippen molar-refractivity contribution in [3.05, 3.63) is 89.3 Å². The first-order valence-corrected chi connectivity index (χ1v) is 15.8. The summed E-state index contributed by atoms with van der Waals surface area (Å²) in [6, 6.07) is 8.44. The van der Waals surface area contributed by atoms with Crippen LogP contribution < -0.4 is 0 Å². The molecule has 8 heteroatoms. The Bertz CT molecular complexity index is 1440. The molecule has 0 unspecified atom stereocenters. The highest BCUT2D eigenvalue weighted by Crippen LogP contribution is 2.54. The van der Waals surface area contributed by atoms with Gasteiger partial charge in [-0.2, -0.15) is 0 Å². The summed E-state index contributed by atoms with van der Waals surface area (Å²) in [5.74, 6) is -1.40. The van der Waals surface area contributed by atoms with Crippen molar-refractivity contribution in [2.75, 3.05) is 0 Å². The number of rotatable bonds is 11. The van der Waals surface area contributed by atoms with Gasteiger partial charge in [-0.05, 0) is 104 Å². The monoisotopic (exact) mass is 686 g/mol. The lowest BCUT2D eigenvalue weighted by Crippen LogP contribution is -2.33. The molecule has 0 saturated carbocycles. The molecule has 4 rings (SSSR count). The SMILES string of the molecule is CCCc1cc(C2(c3cc(CCC)c(O)c(Br)c3CCC)OC(=O)c3cc(C(=O)O)ccc32)c(CCC)c(Br)c1O. The van der Waals surface area contributed by atoms with E-state index in [1.54, 1.807) is 6.07 Å². The topological polar surface area (TPSA) is 104 Å². The van der Waals surface area contributed by atoms with Crippen molar-refractivity contribution in [1.29, 1.82) is 0 Å². The Hall–Kier alpha value is -2.84. The predicted octanol–water partition coefficient (Wildman–Crippen LogP) is 8.59. The third-order valence-electron chi connectivity index (χ3n) is 7.75. The zero-order valence-corrected chi connectivity index (χ0v) is 27.0. The van der Waals surface area contributed by atoms with Gasteiger partial charge in [0.15, 0.2) is 5.60 Å². The number of hydrogen-bond acceptors (Lipinski definition) is 5. The van der Waals surface area contributed by atoms with Crippen molar-refractivity contribution in [3.63, 3.8) is 0 Å². The molecule has 1 aliphatic heterocycles. The maximum Gasteiger partial charge on any atom is 0.340 e. The van der Waals surface area contributed by atoms with Gasteiger partial charge in [0.05, 0.1) is 20.1 Å². The minimum absolute atomic E-state index is 0.00354. The van der Waals surface area contributed by atoms with Crippen molar-refractivity contribution in [2.24, 2.45) is 0 Å². The molecule has 3 aromatic rings. The van der Waals surface area contributed by atoms with Gasteiger partial charge in [-0.25, -0.2) is 9.59 Å². The lowest BCUT2D eigenvalue weighted by atomic mass is 9.73. The molecule has 0 spiro atoms. The summed E-state index contributed by atoms with van der Waals surface area (Å²) >= 11 is 7.36. The van der Waals surface area contributed by atoms with Gasteiger partial charge in [-0.15, -0.1) is 0 Å². The molecule has 218 valence electrons. The van der Waals surface area contributed by atoms with Crippen LogP contribution >= 0.6 is 31.9 Å². The smallest absolute Gasteiger partial charge is 0.340 e. The summed E-state index contributed by atoms with van der Waals surface area (Å²) in [7, 11) is 0. The third-order valence-corrected chi connectivity index (χ3v) is 9.46. The maximum absolute atomic E-state index is 13.7. The van der Waals surface area contributed by atoms with Gasteiger partial charge in [0.1, 0.15) is 11.5 Å². The summed E-state index contributed by atoms with van der Waals surface area (Å²) < 4.78 is 7.65. The lowest BCUT2D eigenvalue weighted by molar-refractivity contribution is 0.0245. The summed E-state index contributed by atoms with van der Waals surface area (Å²) in [6.07, 6.45) is 5.56. The van der Waals surface area contributed by atoms with E-state index in [1.165, 1.54) is 12.1 Å². The number of carboxylic acid groups (broad SMARTS) is 1. The fourth-order valence-electron chi connectivity index (χ4n) is 5.95. The number of benzene rings is 3. The fourth-order valence-corrected chi connectivity index (χ4v) is 7.28.